The minimum absolute atomic E-state index is 0.133. The van der Waals surface area contributed by atoms with Crippen LogP contribution in [0.3, 0.4) is 0 Å². The van der Waals surface area contributed by atoms with Crippen molar-refractivity contribution < 1.29 is 14.2 Å². The molecule has 2 aliphatic rings. The third-order valence-electron chi connectivity index (χ3n) is 2.47. The second-order valence-corrected chi connectivity index (χ2v) is 4.00. The third-order valence-corrected chi connectivity index (χ3v) is 2.47. The smallest absolute Gasteiger partial charge is 0.163 e. The van der Waals surface area contributed by atoms with Gasteiger partial charge < -0.3 is 14.2 Å². The summed E-state index contributed by atoms with van der Waals surface area (Å²) in [7, 11) is 0. The summed E-state index contributed by atoms with van der Waals surface area (Å²) in [6, 6.07) is 0. The molecule has 2 heterocycles. The SMILES string of the molecule is C[C@H]1OCC[C@H]2OC(C)(C)O[C@@H]12. The fraction of sp³-hybridized carbons (Fsp3) is 1.00. The first-order valence-electron chi connectivity index (χ1n) is 4.56. The molecule has 3 nitrogen and oxygen atoms in total. The van der Waals surface area contributed by atoms with Crippen LogP contribution >= 0.6 is 0 Å². The number of rotatable bonds is 0. The zero-order valence-electron chi connectivity index (χ0n) is 7.87. The average molecular weight is 172 g/mol. The van der Waals surface area contributed by atoms with Crippen molar-refractivity contribution in [1.82, 2.24) is 0 Å². The van der Waals surface area contributed by atoms with Gasteiger partial charge in [-0.25, -0.2) is 0 Å². The van der Waals surface area contributed by atoms with Gasteiger partial charge in [-0.2, -0.15) is 0 Å². The van der Waals surface area contributed by atoms with Crippen molar-refractivity contribution in [3.63, 3.8) is 0 Å². The maximum atomic E-state index is 5.72. The predicted octanol–water partition coefficient (Wildman–Crippen LogP) is 1.32. The Bertz CT molecular complexity index is 179. The van der Waals surface area contributed by atoms with Gasteiger partial charge in [0.2, 0.25) is 0 Å². The molecule has 2 saturated heterocycles. The molecule has 0 bridgehead atoms. The van der Waals surface area contributed by atoms with Crippen molar-refractivity contribution in [3.8, 4) is 0 Å². The highest BCUT2D eigenvalue weighted by Gasteiger charge is 2.45. The van der Waals surface area contributed by atoms with E-state index in [4.69, 9.17) is 14.2 Å². The van der Waals surface area contributed by atoms with E-state index >= 15 is 0 Å². The van der Waals surface area contributed by atoms with Crippen molar-refractivity contribution in [2.45, 2.75) is 51.3 Å². The summed E-state index contributed by atoms with van der Waals surface area (Å²) in [6.45, 7) is 6.75. The molecule has 0 unspecified atom stereocenters. The third kappa shape index (κ3) is 1.37. The Hall–Kier alpha value is -0.120. The van der Waals surface area contributed by atoms with E-state index in [0.29, 0.717) is 0 Å². The van der Waals surface area contributed by atoms with Crippen molar-refractivity contribution >= 4 is 0 Å². The van der Waals surface area contributed by atoms with E-state index in [1.807, 2.05) is 20.8 Å². The van der Waals surface area contributed by atoms with Crippen LogP contribution in [0, 0.1) is 0 Å². The summed E-state index contributed by atoms with van der Waals surface area (Å²) >= 11 is 0. The lowest BCUT2D eigenvalue weighted by Gasteiger charge is -2.28. The second kappa shape index (κ2) is 2.69. The number of fused-ring (bicyclic) bond motifs is 1. The molecule has 0 amide bonds. The molecule has 0 aromatic rings. The Morgan fingerprint density at radius 1 is 1.25 bits per heavy atom. The van der Waals surface area contributed by atoms with Crippen LogP contribution in [-0.2, 0) is 14.2 Å². The van der Waals surface area contributed by atoms with E-state index in [9.17, 15) is 0 Å². The van der Waals surface area contributed by atoms with E-state index in [1.165, 1.54) is 0 Å². The molecule has 2 aliphatic heterocycles. The lowest BCUT2D eigenvalue weighted by Crippen LogP contribution is -2.40. The van der Waals surface area contributed by atoms with Gasteiger partial charge in [-0.15, -0.1) is 0 Å². The van der Waals surface area contributed by atoms with Gasteiger partial charge in [0.15, 0.2) is 5.79 Å². The Morgan fingerprint density at radius 2 is 2.00 bits per heavy atom. The van der Waals surface area contributed by atoms with Crippen molar-refractivity contribution in [3.05, 3.63) is 0 Å². The summed E-state index contributed by atoms with van der Waals surface area (Å²) in [5.74, 6) is -0.419. The molecule has 0 spiro atoms. The summed E-state index contributed by atoms with van der Waals surface area (Å²) < 4.78 is 16.9. The van der Waals surface area contributed by atoms with Crippen LogP contribution in [0.2, 0.25) is 0 Å². The van der Waals surface area contributed by atoms with Gasteiger partial charge in [0.25, 0.3) is 0 Å². The first-order chi connectivity index (χ1) is 5.58. The van der Waals surface area contributed by atoms with Crippen molar-refractivity contribution in [1.29, 1.82) is 0 Å². The van der Waals surface area contributed by atoms with E-state index in [-0.39, 0.29) is 18.3 Å². The number of hydrogen-bond donors (Lipinski definition) is 0. The number of hydrogen-bond acceptors (Lipinski definition) is 3. The first kappa shape index (κ1) is 8.48. The van der Waals surface area contributed by atoms with E-state index < -0.39 is 5.79 Å². The molecule has 3 heteroatoms. The van der Waals surface area contributed by atoms with Crippen LogP contribution in [0.15, 0.2) is 0 Å². The quantitative estimate of drug-likeness (QED) is 0.551. The molecular weight excluding hydrogens is 156 g/mol. The van der Waals surface area contributed by atoms with E-state index in [0.717, 1.165) is 13.0 Å². The van der Waals surface area contributed by atoms with Gasteiger partial charge in [-0.05, 0) is 27.2 Å². The Labute approximate surface area is 73.0 Å². The minimum atomic E-state index is -0.419. The second-order valence-electron chi connectivity index (χ2n) is 4.00. The standard InChI is InChI=1S/C9H16O3/c1-6-8-7(4-5-10-6)11-9(2,3)12-8/h6-8H,4-5H2,1-3H3/t6-,7-,8+/m1/s1. The summed E-state index contributed by atoms with van der Waals surface area (Å²) in [6.07, 6.45) is 1.50. The topological polar surface area (TPSA) is 27.7 Å². The molecule has 12 heavy (non-hydrogen) atoms. The molecule has 0 aromatic heterocycles. The summed E-state index contributed by atoms with van der Waals surface area (Å²) in [4.78, 5) is 0. The van der Waals surface area contributed by atoms with Gasteiger partial charge in [0.1, 0.15) is 6.10 Å². The summed E-state index contributed by atoms with van der Waals surface area (Å²) in [5, 5.41) is 0. The molecule has 0 N–H and O–H groups in total. The molecule has 2 fully saturated rings. The molecule has 2 rings (SSSR count). The van der Waals surface area contributed by atoms with Gasteiger partial charge >= 0.3 is 0 Å². The van der Waals surface area contributed by atoms with Gasteiger partial charge in [-0.1, -0.05) is 0 Å². The first-order valence-corrected chi connectivity index (χ1v) is 4.56. The molecule has 70 valence electrons. The lowest BCUT2D eigenvalue weighted by molar-refractivity contribution is -0.152. The van der Waals surface area contributed by atoms with Crippen LogP contribution in [0.1, 0.15) is 27.2 Å². The largest absolute Gasteiger partial charge is 0.376 e. The monoisotopic (exact) mass is 172 g/mol. The zero-order chi connectivity index (χ0) is 8.77. The summed E-state index contributed by atoms with van der Waals surface area (Å²) in [5.41, 5.74) is 0. The van der Waals surface area contributed by atoms with Crippen molar-refractivity contribution in [2.24, 2.45) is 0 Å². The molecule has 0 aliphatic carbocycles. The maximum absolute atomic E-state index is 5.72. The van der Waals surface area contributed by atoms with E-state index in [1.54, 1.807) is 0 Å². The normalized spacial score (nSPS) is 45.8. The van der Waals surface area contributed by atoms with Crippen LogP contribution < -0.4 is 0 Å². The molecule has 3 atom stereocenters. The Kier molecular flexibility index (Phi) is 1.90. The maximum Gasteiger partial charge on any atom is 0.163 e. The fourth-order valence-corrected chi connectivity index (χ4v) is 1.95. The Balaban J connectivity index is 2.09. The van der Waals surface area contributed by atoms with Gasteiger partial charge in [-0.3, -0.25) is 0 Å². The number of ether oxygens (including phenoxy) is 3. The predicted molar refractivity (Wildman–Crippen MR) is 43.9 cm³/mol. The molecule has 0 saturated carbocycles. The zero-order valence-corrected chi connectivity index (χ0v) is 7.87. The van der Waals surface area contributed by atoms with E-state index in [2.05, 4.69) is 0 Å². The molecule has 0 aromatic carbocycles. The van der Waals surface area contributed by atoms with Crippen LogP contribution in [0.4, 0.5) is 0 Å². The minimum Gasteiger partial charge on any atom is -0.376 e. The fourth-order valence-electron chi connectivity index (χ4n) is 1.95. The van der Waals surface area contributed by atoms with Crippen LogP contribution in [0.5, 0.6) is 0 Å². The highest BCUT2D eigenvalue weighted by molar-refractivity contribution is 4.88. The van der Waals surface area contributed by atoms with Crippen LogP contribution in [-0.4, -0.2) is 30.7 Å². The van der Waals surface area contributed by atoms with Crippen LogP contribution in [0.25, 0.3) is 0 Å². The average Bonchev–Trinajstić information content (AvgIpc) is 2.25. The van der Waals surface area contributed by atoms with Crippen molar-refractivity contribution in [2.75, 3.05) is 6.61 Å². The highest BCUT2D eigenvalue weighted by Crippen LogP contribution is 2.34. The molecular formula is C9H16O3. The van der Waals surface area contributed by atoms with Gasteiger partial charge in [0, 0.05) is 6.61 Å². The molecule has 0 radical (unpaired) electrons. The highest BCUT2D eigenvalue weighted by atomic mass is 16.8. The Morgan fingerprint density at radius 3 is 2.67 bits per heavy atom. The lowest BCUT2D eigenvalue weighted by atomic mass is 10.0. The van der Waals surface area contributed by atoms with Gasteiger partial charge in [0.05, 0.1) is 12.2 Å².